The van der Waals surface area contributed by atoms with Crippen molar-refractivity contribution in [1.29, 1.82) is 0 Å². The molecule has 0 amide bonds. The predicted octanol–water partition coefficient (Wildman–Crippen LogP) is 7.67. The molecule has 0 aromatic heterocycles. The molecule has 0 bridgehead atoms. The molecule has 2 aliphatic rings. The first-order chi connectivity index (χ1) is 13.4. The van der Waals surface area contributed by atoms with Crippen LogP contribution in [0.15, 0.2) is 16.6 Å². The van der Waals surface area contributed by atoms with E-state index in [1.165, 1.54) is 74.5 Å². The highest BCUT2D eigenvalue weighted by Gasteiger charge is 2.36. The number of aryl methyl sites for hydroxylation is 1. The second-order valence-corrected chi connectivity index (χ2v) is 10.9. The highest BCUT2D eigenvalue weighted by atomic mass is 79.9. The van der Waals surface area contributed by atoms with Crippen LogP contribution in [0.5, 0.6) is 0 Å². The summed E-state index contributed by atoms with van der Waals surface area (Å²) in [6, 6.07) is 5.35. The molecule has 0 N–H and O–H groups in total. The minimum absolute atomic E-state index is 0.277. The molecule has 3 atom stereocenters. The summed E-state index contributed by atoms with van der Waals surface area (Å²) in [7, 11) is 0. The van der Waals surface area contributed by atoms with Gasteiger partial charge in [-0.2, -0.15) is 0 Å². The van der Waals surface area contributed by atoms with Gasteiger partial charge >= 0.3 is 0 Å². The zero-order chi connectivity index (χ0) is 20.3. The van der Waals surface area contributed by atoms with Gasteiger partial charge in [0.1, 0.15) is 0 Å². The number of hydrogen-bond acceptors (Lipinski definition) is 1. The van der Waals surface area contributed by atoms with Crippen molar-refractivity contribution in [2.24, 2.45) is 11.8 Å². The van der Waals surface area contributed by atoms with E-state index in [-0.39, 0.29) is 5.41 Å². The first kappa shape index (κ1) is 22.3. The minimum Gasteiger partial charge on any atom is -0.300 e. The Hall–Kier alpha value is -0.340. The molecule has 1 aromatic rings. The Morgan fingerprint density at radius 1 is 1.11 bits per heavy atom. The molecule has 3 unspecified atom stereocenters. The van der Waals surface area contributed by atoms with Crippen molar-refractivity contribution in [1.82, 2.24) is 4.90 Å². The summed E-state index contributed by atoms with van der Waals surface area (Å²) in [5, 5.41) is 0. The molecule has 1 aromatic carbocycles. The maximum absolute atomic E-state index is 3.88. The molecule has 158 valence electrons. The topological polar surface area (TPSA) is 3.24 Å². The molecule has 28 heavy (non-hydrogen) atoms. The highest BCUT2D eigenvalue weighted by molar-refractivity contribution is 9.10. The second-order valence-electron chi connectivity index (χ2n) is 10.1. The van der Waals surface area contributed by atoms with Crippen LogP contribution in [0.25, 0.3) is 0 Å². The Bertz CT molecular complexity index is 650. The molecule has 1 nitrogen and oxygen atoms in total. The Kier molecular flexibility index (Phi) is 7.70. The molecular formula is C26H42BrN. The molecule has 1 aliphatic heterocycles. The molecule has 2 fully saturated rings. The number of benzene rings is 1. The molecule has 1 saturated heterocycles. The van der Waals surface area contributed by atoms with Gasteiger partial charge in [-0.3, -0.25) is 0 Å². The van der Waals surface area contributed by atoms with Gasteiger partial charge in [0.2, 0.25) is 0 Å². The fourth-order valence-electron chi connectivity index (χ4n) is 5.74. The predicted molar refractivity (Wildman–Crippen MR) is 126 cm³/mol. The SMILES string of the molecule is CCc1c(Br)ccc(C)c1C1(C)CCN(CC2CC2)C(C)CCCC(CC)C1. The molecule has 2 heteroatoms. The van der Waals surface area contributed by atoms with Crippen LogP contribution < -0.4 is 0 Å². The van der Waals surface area contributed by atoms with Gasteiger partial charge in [-0.05, 0) is 98.9 Å². The summed E-state index contributed by atoms with van der Waals surface area (Å²) in [6.07, 6.45) is 12.2. The largest absolute Gasteiger partial charge is 0.300 e. The van der Waals surface area contributed by atoms with Crippen molar-refractivity contribution in [3.8, 4) is 0 Å². The molecule has 1 heterocycles. The summed E-state index contributed by atoms with van der Waals surface area (Å²) in [6.45, 7) is 14.8. The number of rotatable bonds is 5. The van der Waals surface area contributed by atoms with Gasteiger partial charge in [0, 0.05) is 17.1 Å². The van der Waals surface area contributed by atoms with Crippen molar-refractivity contribution in [2.75, 3.05) is 13.1 Å². The Morgan fingerprint density at radius 2 is 1.86 bits per heavy atom. The number of hydrogen-bond donors (Lipinski definition) is 0. The van der Waals surface area contributed by atoms with E-state index in [1.54, 1.807) is 11.1 Å². The van der Waals surface area contributed by atoms with E-state index in [0.717, 1.165) is 24.3 Å². The van der Waals surface area contributed by atoms with E-state index in [2.05, 4.69) is 67.6 Å². The zero-order valence-corrected chi connectivity index (χ0v) is 20.6. The quantitative estimate of drug-likeness (QED) is 0.447. The van der Waals surface area contributed by atoms with E-state index < -0.39 is 0 Å². The van der Waals surface area contributed by atoms with E-state index in [0.29, 0.717) is 0 Å². The lowest BCUT2D eigenvalue weighted by Crippen LogP contribution is -2.40. The average molecular weight is 449 g/mol. The lowest BCUT2D eigenvalue weighted by molar-refractivity contribution is 0.148. The van der Waals surface area contributed by atoms with E-state index in [4.69, 9.17) is 0 Å². The molecule has 1 saturated carbocycles. The molecule has 0 radical (unpaired) electrons. The third kappa shape index (κ3) is 5.22. The first-order valence-electron chi connectivity index (χ1n) is 11.9. The van der Waals surface area contributed by atoms with Gasteiger partial charge in [-0.15, -0.1) is 0 Å². The summed E-state index contributed by atoms with van der Waals surface area (Å²) in [5.74, 6) is 1.84. The highest BCUT2D eigenvalue weighted by Crippen LogP contribution is 2.43. The van der Waals surface area contributed by atoms with Crippen molar-refractivity contribution in [2.45, 2.75) is 104 Å². The molecule has 1 aliphatic carbocycles. The summed E-state index contributed by atoms with van der Waals surface area (Å²) in [5.41, 5.74) is 4.98. The number of nitrogens with zero attached hydrogens (tertiary/aromatic N) is 1. The van der Waals surface area contributed by atoms with Crippen molar-refractivity contribution >= 4 is 15.9 Å². The summed E-state index contributed by atoms with van der Waals surface area (Å²) >= 11 is 3.88. The molecular weight excluding hydrogens is 406 g/mol. The van der Waals surface area contributed by atoms with Crippen molar-refractivity contribution in [3.63, 3.8) is 0 Å². The smallest absolute Gasteiger partial charge is 0.0210 e. The van der Waals surface area contributed by atoms with Crippen LogP contribution in [0.3, 0.4) is 0 Å². The minimum atomic E-state index is 0.277. The Labute approximate surface area is 182 Å². The van der Waals surface area contributed by atoms with E-state index in [1.807, 2.05) is 0 Å². The van der Waals surface area contributed by atoms with Gasteiger partial charge in [0.15, 0.2) is 0 Å². The standard InChI is InChI=1S/C26H42BrN/c1-6-21-10-8-9-20(4)28(18-22-12-13-22)16-15-26(5,17-21)25-19(3)11-14-24(27)23(25)7-2/h11,14,20-22H,6-10,12-13,15-18H2,1-5H3. The maximum atomic E-state index is 3.88. The summed E-state index contributed by atoms with van der Waals surface area (Å²) in [4.78, 5) is 2.85. The fraction of sp³-hybridized carbons (Fsp3) is 0.769. The van der Waals surface area contributed by atoms with Crippen LogP contribution in [0, 0.1) is 18.8 Å². The lowest BCUT2D eigenvalue weighted by Gasteiger charge is -2.41. The Balaban J connectivity index is 1.95. The van der Waals surface area contributed by atoms with Crippen LogP contribution in [0.1, 0.15) is 95.8 Å². The zero-order valence-electron chi connectivity index (χ0n) is 19.0. The normalized spacial score (nSPS) is 30.4. The van der Waals surface area contributed by atoms with Crippen LogP contribution in [-0.4, -0.2) is 24.0 Å². The third-order valence-corrected chi connectivity index (χ3v) is 8.48. The maximum Gasteiger partial charge on any atom is 0.0210 e. The van der Waals surface area contributed by atoms with Crippen LogP contribution in [0.2, 0.25) is 0 Å². The Morgan fingerprint density at radius 3 is 2.50 bits per heavy atom. The monoisotopic (exact) mass is 447 g/mol. The van der Waals surface area contributed by atoms with Crippen molar-refractivity contribution < 1.29 is 0 Å². The van der Waals surface area contributed by atoms with E-state index in [9.17, 15) is 0 Å². The molecule has 0 spiro atoms. The van der Waals surface area contributed by atoms with Gasteiger partial charge in [0.05, 0.1) is 0 Å². The van der Waals surface area contributed by atoms with Crippen molar-refractivity contribution in [3.05, 3.63) is 33.3 Å². The van der Waals surface area contributed by atoms with Crippen LogP contribution in [0.4, 0.5) is 0 Å². The van der Waals surface area contributed by atoms with Gasteiger partial charge < -0.3 is 4.90 Å². The molecule has 3 rings (SSSR count). The van der Waals surface area contributed by atoms with Gasteiger partial charge in [-0.1, -0.05) is 62.0 Å². The van der Waals surface area contributed by atoms with Crippen LogP contribution in [-0.2, 0) is 11.8 Å². The van der Waals surface area contributed by atoms with E-state index >= 15 is 0 Å². The third-order valence-electron chi connectivity index (χ3n) is 7.74. The van der Waals surface area contributed by atoms with Crippen LogP contribution >= 0.6 is 15.9 Å². The average Bonchev–Trinajstić information content (AvgIpc) is 3.49. The first-order valence-corrected chi connectivity index (χ1v) is 12.7. The van der Waals surface area contributed by atoms with Gasteiger partial charge in [-0.25, -0.2) is 0 Å². The van der Waals surface area contributed by atoms with Gasteiger partial charge in [0.25, 0.3) is 0 Å². The fourth-order valence-corrected chi connectivity index (χ4v) is 6.35. The second kappa shape index (κ2) is 9.65. The summed E-state index contributed by atoms with van der Waals surface area (Å²) < 4.78 is 1.31. The lowest BCUT2D eigenvalue weighted by atomic mass is 9.68. The number of halogens is 1.